The molecule has 0 aliphatic heterocycles. The van der Waals surface area contributed by atoms with E-state index in [1.807, 2.05) is 0 Å². The van der Waals surface area contributed by atoms with Crippen LogP contribution < -0.4 is 5.73 Å². The summed E-state index contributed by atoms with van der Waals surface area (Å²) in [4.78, 5) is 0. The molecule has 3 nitrogen and oxygen atoms in total. The first kappa shape index (κ1) is 11.7. The van der Waals surface area contributed by atoms with E-state index >= 15 is 0 Å². The first-order chi connectivity index (χ1) is 7.15. The number of phenols is 2. The van der Waals surface area contributed by atoms with Gasteiger partial charge in [0.15, 0.2) is 0 Å². The maximum absolute atomic E-state index is 9.56. The van der Waals surface area contributed by atoms with E-state index in [1.54, 1.807) is 6.07 Å². The number of aromatic hydroxyl groups is 2. The van der Waals surface area contributed by atoms with Crippen molar-refractivity contribution in [1.29, 1.82) is 0 Å². The number of unbranched alkanes of at least 4 members (excludes halogenated alkanes) is 3. The molecule has 0 aliphatic carbocycles. The fourth-order valence-electron chi connectivity index (χ4n) is 1.58. The van der Waals surface area contributed by atoms with Crippen molar-refractivity contribution in [3.63, 3.8) is 0 Å². The van der Waals surface area contributed by atoms with E-state index in [1.165, 1.54) is 18.9 Å². The molecule has 1 aromatic rings. The largest absolute Gasteiger partial charge is 0.508 e. The summed E-state index contributed by atoms with van der Waals surface area (Å²) >= 11 is 0. The molecule has 0 saturated carbocycles. The van der Waals surface area contributed by atoms with Gasteiger partial charge in [-0.3, -0.25) is 0 Å². The summed E-state index contributed by atoms with van der Waals surface area (Å²) in [7, 11) is 0. The molecule has 0 bridgehead atoms. The zero-order valence-corrected chi connectivity index (χ0v) is 9.16. The highest BCUT2D eigenvalue weighted by molar-refractivity contribution is 5.57. The molecule has 84 valence electrons. The van der Waals surface area contributed by atoms with Gasteiger partial charge in [0, 0.05) is 6.07 Å². The Morgan fingerprint density at radius 3 is 2.47 bits per heavy atom. The molecule has 0 spiro atoms. The Bertz CT molecular complexity index is 324. The molecule has 0 aliphatic rings. The van der Waals surface area contributed by atoms with Gasteiger partial charge in [-0.25, -0.2) is 0 Å². The minimum Gasteiger partial charge on any atom is -0.508 e. The first-order valence-corrected chi connectivity index (χ1v) is 5.45. The van der Waals surface area contributed by atoms with Crippen LogP contribution in [0.2, 0.25) is 0 Å². The van der Waals surface area contributed by atoms with Crippen molar-refractivity contribution in [2.45, 2.75) is 39.0 Å². The second-order valence-electron chi connectivity index (χ2n) is 3.85. The molecular weight excluding hydrogens is 190 g/mol. The van der Waals surface area contributed by atoms with Crippen molar-refractivity contribution in [3.8, 4) is 11.5 Å². The van der Waals surface area contributed by atoms with Crippen LogP contribution in [0.25, 0.3) is 0 Å². The Morgan fingerprint density at radius 2 is 1.80 bits per heavy atom. The second-order valence-corrected chi connectivity index (χ2v) is 3.85. The van der Waals surface area contributed by atoms with Crippen molar-refractivity contribution in [1.82, 2.24) is 0 Å². The van der Waals surface area contributed by atoms with Crippen LogP contribution >= 0.6 is 0 Å². The lowest BCUT2D eigenvalue weighted by Crippen LogP contribution is -1.91. The molecule has 0 atom stereocenters. The predicted molar refractivity (Wildman–Crippen MR) is 62.0 cm³/mol. The van der Waals surface area contributed by atoms with Gasteiger partial charge in [0.25, 0.3) is 0 Å². The van der Waals surface area contributed by atoms with Crippen molar-refractivity contribution >= 4 is 5.69 Å². The predicted octanol–water partition coefficient (Wildman–Crippen LogP) is 2.80. The number of nitrogen functional groups attached to an aromatic ring is 1. The summed E-state index contributed by atoms with van der Waals surface area (Å²) in [5.74, 6) is 0.0861. The summed E-state index contributed by atoms with van der Waals surface area (Å²) < 4.78 is 0. The number of anilines is 1. The summed E-state index contributed by atoms with van der Waals surface area (Å²) in [5.41, 5.74) is 6.71. The normalized spacial score (nSPS) is 10.5. The van der Waals surface area contributed by atoms with E-state index in [9.17, 15) is 10.2 Å². The molecule has 15 heavy (non-hydrogen) atoms. The molecule has 1 aromatic carbocycles. The van der Waals surface area contributed by atoms with Gasteiger partial charge in [-0.05, 0) is 24.5 Å². The van der Waals surface area contributed by atoms with Gasteiger partial charge in [-0.2, -0.15) is 0 Å². The van der Waals surface area contributed by atoms with Crippen LogP contribution in [0.5, 0.6) is 11.5 Å². The number of aryl methyl sites for hydroxylation is 1. The van der Waals surface area contributed by atoms with E-state index in [0.717, 1.165) is 24.8 Å². The number of hydrogen-bond donors (Lipinski definition) is 3. The topological polar surface area (TPSA) is 66.5 Å². The van der Waals surface area contributed by atoms with Crippen LogP contribution in [0.3, 0.4) is 0 Å². The lowest BCUT2D eigenvalue weighted by atomic mass is 10.0. The van der Waals surface area contributed by atoms with Crippen LogP contribution in [-0.2, 0) is 6.42 Å². The van der Waals surface area contributed by atoms with Crippen LogP contribution in [0.4, 0.5) is 5.69 Å². The SMILES string of the molecule is CCCCCCc1cc(N)c(O)cc1O. The summed E-state index contributed by atoms with van der Waals surface area (Å²) in [5, 5.41) is 18.8. The first-order valence-electron chi connectivity index (χ1n) is 5.45. The van der Waals surface area contributed by atoms with Gasteiger partial charge in [0.1, 0.15) is 11.5 Å². The maximum Gasteiger partial charge on any atom is 0.142 e. The third-order valence-corrected chi connectivity index (χ3v) is 2.53. The number of nitrogens with two attached hydrogens (primary N) is 1. The molecular formula is C12H19NO2. The van der Waals surface area contributed by atoms with Crippen LogP contribution in [0, 0.1) is 0 Å². The van der Waals surface area contributed by atoms with Crippen LogP contribution in [0.15, 0.2) is 12.1 Å². The number of benzene rings is 1. The molecule has 0 radical (unpaired) electrons. The van der Waals surface area contributed by atoms with Gasteiger partial charge >= 0.3 is 0 Å². The zero-order valence-electron chi connectivity index (χ0n) is 9.16. The minimum atomic E-state index is -0.0511. The lowest BCUT2D eigenvalue weighted by molar-refractivity contribution is 0.446. The Hall–Kier alpha value is -1.38. The lowest BCUT2D eigenvalue weighted by Gasteiger charge is -2.07. The maximum atomic E-state index is 9.56. The summed E-state index contributed by atoms with van der Waals surface area (Å²) in [6.07, 6.45) is 5.44. The Kier molecular flexibility index (Phi) is 4.28. The molecule has 0 unspecified atom stereocenters. The van der Waals surface area contributed by atoms with Crippen LogP contribution in [0.1, 0.15) is 38.2 Å². The Morgan fingerprint density at radius 1 is 1.07 bits per heavy atom. The average molecular weight is 209 g/mol. The third-order valence-electron chi connectivity index (χ3n) is 2.53. The number of phenolic OH excluding ortho intramolecular Hbond substituents is 2. The van der Waals surface area contributed by atoms with E-state index < -0.39 is 0 Å². The molecule has 0 amide bonds. The second kappa shape index (κ2) is 5.49. The number of rotatable bonds is 5. The summed E-state index contributed by atoms with van der Waals surface area (Å²) in [6, 6.07) is 2.96. The Labute approximate surface area is 90.5 Å². The monoisotopic (exact) mass is 209 g/mol. The average Bonchev–Trinajstić information content (AvgIpc) is 2.20. The molecule has 0 heterocycles. The van der Waals surface area contributed by atoms with Crippen molar-refractivity contribution in [3.05, 3.63) is 17.7 Å². The van der Waals surface area contributed by atoms with Crippen LogP contribution in [-0.4, -0.2) is 10.2 Å². The van der Waals surface area contributed by atoms with Gasteiger partial charge in [0.2, 0.25) is 0 Å². The molecule has 0 aromatic heterocycles. The van der Waals surface area contributed by atoms with Gasteiger partial charge in [-0.15, -0.1) is 0 Å². The molecule has 3 heteroatoms. The van der Waals surface area contributed by atoms with E-state index in [2.05, 4.69) is 6.92 Å². The quantitative estimate of drug-likeness (QED) is 0.302. The highest BCUT2D eigenvalue weighted by atomic mass is 16.3. The van der Waals surface area contributed by atoms with E-state index in [-0.39, 0.29) is 11.5 Å². The molecule has 4 N–H and O–H groups in total. The van der Waals surface area contributed by atoms with Gasteiger partial charge < -0.3 is 15.9 Å². The highest BCUT2D eigenvalue weighted by Gasteiger charge is 2.05. The van der Waals surface area contributed by atoms with Crippen molar-refractivity contribution < 1.29 is 10.2 Å². The summed E-state index contributed by atoms with van der Waals surface area (Å²) in [6.45, 7) is 2.16. The smallest absolute Gasteiger partial charge is 0.142 e. The zero-order chi connectivity index (χ0) is 11.3. The van der Waals surface area contributed by atoms with Crippen molar-refractivity contribution in [2.75, 3.05) is 5.73 Å². The van der Waals surface area contributed by atoms with E-state index in [0.29, 0.717) is 5.69 Å². The highest BCUT2D eigenvalue weighted by Crippen LogP contribution is 2.30. The van der Waals surface area contributed by atoms with Gasteiger partial charge in [-0.1, -0.05) is 26.2 Å². The van der Waals surface area contributed by atoms with Gasteiger partial charge in [0.05, 0.1) is 5.69 Å². The number of hydrogen-bond acceptors (Lipinski definition) is 3. The molecule has 0 fully saturated rings. The standard InChI is InChI=1S/C12H19NO2/c1-2-3-4-5-6-9-7-10(13)12(15)8-11(9)14/h7-8,14-15H,2-6,13H2,1H3. The third kappa shape index (κ3) is 3.35. The Balaban J connectivity index is 2.57. The fourth-order valence-corrected chi connectivity index (χ4v) is 1.58. The van der Waals surface area contributed by atoms with Crippen molar-refractivity contribution in [2.24, 2.45) is 0 Å². The molecule has 1 rings (SSSR count). The molecule has 0 saturated heterocycles. The minimum absolute atomic E-state index is 0.0511. The van der Waals surface area contributed by atoms with E-state index in [4.69, 9.17) is 5.73 Å². The fraction of sp³-hybridized carbons (Fsp3) is 0.500.